The molecule has 21 heavy (non-hydrogen) atoms. The monoisotopic (exact) mass is 319 g/mol. The third-order valence-corrected chi connectivity index (χ3v) is 2.74. The predicted molar refractivity (Wildman–Crippen MR) is 78.3 cm³/mol. The van der Waals surface area contributed by atoms with Crippen molar-refractivity contribution in [3.63, 3.8) is 0 Å². The molecule has 2 aromatic rings. The average Bonchev–Trinajstić information content (AvgIpc) is 2.98. The van der Waals surface area contributed by atoms with Crippen molar-refractivity contribution < 1.29 is 8.78 Å². The van der Waals surface area contributed by atoms with Gasteiger partial charge in [-0.15, -0.1) is 12.4 Å². The number of alkyl halides is 2. The van der Waals surface area contributed by atoms with E-state index in [2.05, 4.69) is 29.4 Å². The van der Waals surface area contributed by atoms with Crippen LogP contribution in [0.1, 0.15) is 31.7 Å². The van der Waals surface area contributed by atoms with Crippen molar-refractivity contribution >= 4 is 12.4 Å². The van der Waals surface area contributed by atoms with Gasteiger partial charge < -0.3 is 5.32 Å². The van der Waals surface area contributed by atoms with Gasteiger partial charge in [-0.05, 0) is 12.0 Å². The van der Waals surface area contributed by atoms with Crippen LogP contribution in [0.2, 0.25) is 0 Å². The average molecular weight is 320 g/mol. The fraction of sp³-hybridized carbons (Fsp3) is 0.538. The van der Waals surface area contributed by atoms with Crippen LogP contribution in [0.25, 0.3) is 0 Å². The van der Waals surface area contributed by atoms with Gasteiger partial charge in [-0.3, -0.25) is 4.68 Å². The maximum atomic E-state index is 12.3. The SMILES string of the molecule is CC(C)Cn1cc(CNCc2ccn(C(F)F)n2)cn1.Cl. The van der Waals surface area contributed by atoms with Gasteiger partial charge in [0, 0.05) is 37.6 Å². The smallest absolute Gasteiger partial charge is 0.307 e. The van der Waals surface area contributed by atoms with E-state index in [1.807, 2.05) is 17.1 Å². The summed E-state index contributed by atoms with van der Waals surface area (Å²) < 4.78 is 27.2. The van der Waals surface area contributed by atoms with Gasteiger partial charge in [0.2, 0.25) is 0 Å². The number of halogens is 3. The maximum absolute atomic E-state index is 12.3. The first kappa shape index (κ1) is 17.6. The third kappa shape index (κ3) is 5.43. The Morgan fingerprint density at radius 2 is 2.05 bits per heavy atom. The molecule has 2 rings (SSSR count). The van der Waals surface area contributed by atoms with Crippen molar-refractivity contribution in [2.24, 2.45) is 5.92 Å². The van der Waals surface area contributed by atoms with Crippen LogP contribution in [0.4, 0.5) is 8.78 Å². The third-order valence-electron chi connectivity index (χ3n) is 2.74. The van der Waals surface area contributed by atoms with Crippen LogP contribution >= 0.6 is 12.4 Å². The van der Waals surface area contributed by atoms with Gasteiger partial charge in [-0.25, -0.2) is 4.68 Å². The molecule has 0 saturated heterocycles. The van der Waals surface area contributed by atoms with Gasteiger partial charge in [0.25, 0.3) is 0 Å². The van der Waals surface area contributed by atoms with E-state index >= 15 is 0 Å². The highest BCUT2D eigenvalue weighted by Gasteiger charge is 2.07. The van der Waals surface area contributed by atoms with Gasteiger partial charge in [0.1, 0.15) is 0 Å². The largest absolute Gasteiger partial charge is 0.333 e. The second-order valence-corrected chi connectivity index (χ2v) is 5.13. The van der Waals surface area contributed by atoms with Crippen LogP contribution in [0.5, 0.6) is 0 Å². The van der Waals surface area contributed by atoms with E-state index in [1.165, 1.54) is 6.20 Å². The summed E-state index contributed by atoms with van der Waals surface area (Å²) in [6, 6.07) is 1.58. The van der Waals surface area contributed by atoms with Crippen LogP contribution in [-0.4, -0.2) is 19.6 Å². The standard InChI is InChI=1S/C13H19F2N5.ClH/c1-10(2)8-19-9-11(6-17-19)5-16-7-12-3-4-20(18-12)13(14)15;/h3-4,6,9-10,13,16H,5,7-8H2,1-2H3;1H. The number of nitrogens with one attached hydrogen (secondary N) is 1. The zero-order chi connectivity index (χ0) is 14.5. The number of rotatable bonds is 7. The van der Waals surface area contributed by atoms with Crippen molar-refractivity contribution in [3.8, 4) is 0 Å². The number of nitrogens with zero attached hydrogens (tertiary/aromatic N) is 4. The molecule has 5 nitrogen and oxygen atoms in total. The summed E-state index contributed by atoms with van der Waals surface area (Å²) in [5.41, 5.74) is 1.67. The molecule has 0 saturated carbocycles. The Morgan fingerprint density at radius 3 is 2.67 bits per heavy atom. The van der Waals surface area contributed by atoms with Crippen molar-refractivity contribution in [3.05, 3.63) is 35.9 Å². The molecule has 2 heterocycles. The van der Waals surface area contributed by atoms with Crippen molar-refractivity contribution in [1.29, 1.82) is 0 Å². The lowest BCUT2D eigenvalue weighted by Gasteiger charge is -2.03. The molecule has 0 aliphatic heterocycles. The fourth-order valence-electron chi connectivity index (χ4n) is 1.89. The van der Waals surface area contributed by atoms with Crippen molar-refractivity contribution in [2.75, 3.05) is 0 Å². The van der Waals surface area contributed by atoms with Gasteiger partial charge in [-0.2, -0.15) is 19.0 Å². The van der Waals surface area contributed by atoms with Crippen LogP contribution in [-0.2, 0) is 19.6 Å². The molecule has 0 aromatic carbocycles. The second kappa shape index (κ2) is 8.09. The highest BCUT2D eigenvalue weighted by Crippen LogP contribution is 2.08. The fourth-order valence-corrected chi connectivity index (χ4v) is 1.89. The summed E-state index contributed by atoms with van der Waals surface area (Å²) in [7, 11) is 0. The van der Waals surface area contributed by atoms with Crippen molar-refractivity contribution in [1.82, 2.24) is 24.9 Å². The van der Waals surface area contributed by atoms with Crippen LogP contribution in [0.3, 0.4) is 0 Å². The van der Waals surface area contributed by atoms with E-state index < -0.39 is 6.55 Å². The molecule has 2 aromatic heterocycles. The summed E-state index contributed by atoms with van der Waals surface area (Å²) in [5, 5.41) is 11.2. The van der Waals surface area contributed by atoms with E-state index in [4.69, 9.17) is 0 Å². The molecule has 0 amide bonds. The zero-order valence-electron chi connectivity index (χ0n) is 12.0. The Morgan fingerprint density at radius 1 is 1.29 bits per heavy atom. The first-order chi connectivity index (χ1) is 9.54. The number of hydrogen-bond donors (Lipinski definition) is 1. The van der Waals surface area contributed by atoms with Gasteiger partial charge in [0.05, 0.1) is 11.9 Å². The van der Waals surface area contributed by atoms with Crippen LogP contribution in [0.15, 0.2) is 24.7 Å². The normalized spacial score (nSPS) is 11.1. The van der Waals surface area contributed by atoms with E-state index in [0.717, 1.165) is 12.1 Å². The molecular weight excluding hydrogens is 300 g/mol. The topological polar surface area (TPSA) is 47.7 Å². The molecule has 0 spiro atoms. The lowest BCUT2D eigenvalue weighted by molar-refractivity contribution is 0.0561. The number of hydrogen-bond acceptors (Lipinski definition) is 3. The first-order valence-corrected chi connectivity index (χ1v) is 6.59. The predicted octanol–water partition coefficient (Wildman–Crippen LogP) is 2.84. The molecule has 118 valence electrons. The van der Waals surface area contributed by atoms with Gasteiger partial charge in [0.15, 0.2) is 0 Å². The Bertz CT molecular complexity index is 538. The highest BCUT2D eigenvalue weighted by molar-refractivity contribution is 5.85. The molecule has 0 atom stereocenters. The summed E-state index contributed by atoms with van der Waals surface area (Å²) >= 11 is 0. The first-order valence-electron chi connectivity index (χ1n) is 6.59. The lowest BCUT2D eigenvalue weighted by Crippen LogP contribution is -2.13. The molecule has 0 unspecified atom stereocenters. The Labute approximate surface area is 128 Å². The maximum Gasteiger partial charge on any atom is 0.333 e. The molecule has 0 aliphatic carbocycles. The minimum absolute atomic E-state index is 0. The molecule has 0 fully saturated rings. The Kier molecular flexibility index (Phi) is 6.77. The lowest BCUT2D eigenvalue weighted by atomic mass is 10.2. The summed E-state index contributed by atoms with van der Waals surface area (Å²) in [4.78, 5) is 0. The molecule has 8 heteroatoms. The van der Waals surface area contributed by atoms with E-state index in [0.29, 0.717) is 29.4 Å². The highest BCUT2D eigenvalue weighted by atomic mass is 35.5. The molecular formula is C13H20ClF2N5. The zero-order valence-corrected chi connectivity index (χ0v) is 12.9. The van der Waals surface area contributed by atoms with E-state index in [-0.39, 0.29) is 12.4 Å². The minimum atomic E-state index is -2.59. The Balaban J connectivity index is 0.00000220. The minimum Gasteiger partial charge on any atom is -0.307 e. The quantitative estimate of drug-likeness (QED) is 0.853. The summed E-state index contributed by atoms with van der Waals surface area (Å²) in [6.45, 7) is 3.67. The summed E-state index contributed by atoms with van der Waals surface area (Å²) in [6.07, 6.45) is 5.08. The molecule has 0 bridgehead atoms. The number of aromatic nitrogens is 4. The Hall–Kier alpha value is -1.47. The van der Waals surface area contributed by atoms with E-state index in [9.17, 15) is 8.78 Å². The van der Waals surface area contributed by atoms with Crippen LogP contribution < -0.4 is 5.32 Å². The van der Waals surface area contributed by atoms with Gasteiger partial charge in [-0.1, -0.05) is 13.8 Å². The second-order valence-electron chi connectivity index (χ2n) is 5.13. The van der Waals surface area contributed by atoms with Crippen LogP contribution in [0, 0.1) is 5.92 Å². The van der Waals surface area contributed by atoms with Gasteiger partial charge >= 0.3 is 6.55 Å². The molecule has 1 N–H and O–H groups in total. The van der Waals surface area contributed by atoms with E-state index in [1.54, 1.807) is 6.07 Å². The summed E-state index contributed by atoms with van der Waals surface area (Å²) in [5.74, 6) is 0.550. The molecule has 0 aliphatic rings. The molecule has 0 radical (unpaired) electrons. The van der Waals surface area contributed by atoms with Crippen molar-refractivity contribution in [2.45, 2.75) is 40.0 Å².